The fourth-order valence-electron chi connectivity index (χ4n) is 2.94. The number of para-hydroxylation sites is 1. The van der Waals surface area contributed by atoms with Crippen LogP contribution in [-0.2, 0) is 9.53 Å². The van der Waals surface area contributed by atoms with Gasteiger partial charge in [0.05, 0.1) is 0 Å². The Morgan fingerprint density at radius 3 is 1.92 bits per heavy atom. The highest BCUT2D eigenvalue weighted by Gasteiger charge is 2.32. The zero-order chi connectivity index (χ0) is 17.1. The van der Waals surface area contributed by atoms with Crippen LogP contribution in [0.2, 0.25) is 0 Å². The second kappa shape index (κ2) is 6.65. The SMILES string of the molecule is O=C1C=C(c2ccccc2)OC(c2ccccc2)N1c1ccccc1. The van der Waals surface area contributed by atoms with Crippen LogP contribution in [0.1, 0.15) is 17.4 Å². The Morgan fingerprint density at radius 1 is 0.720 bits per heavy atom. The monoisotopic (exact) mass is 327 g/mol. The molecule has 3 nitrogen and oxygen atoms in total. The molecule has 0 fully saturated rings. The van der Waals surface area contributed by atoms with Crippen LogP contribution < -0.4 is 4.90 Å². The molecule has 3 heteroatoms. The van der Waals surface area contributed by atoms with E-state index in [-0.39, 0.29) is 5.91 Å². The lowest BCUT2D eigenvalue weighted by Crippen LogP contribution is -2.38. The first-order chi connectivity index (χ1) is 12.3. The molecule has 0 spiro atoms. The minimum absolute atomic E-state index is 0.0924. The lowest BCUT2D eigenvalue weighted by molar-refractivity contribution is -0.117. The number of amides is 1. The molecule has 1 amide bonds. The van der Waals surface area contributed by atoms with Gasteiger partial charge in [0.25, 0.3) is 5.91 Å². The van der Waals surface area contributed by atoms with E-state index in [1.807, 2.05) is 91.0 Å². The van der Waals surface area contributed by atoms with Crippen LogP contribution in [0.5, 0.6) is 0 Å². The van der Waals surface area contributed by atoms with Gasteiger partial charge in [-0.25, -0.2) is 0 Å². The molecule has 1 heterocycles. The van der Waals surface area contributed by atoms with E-state index in [1.54, 1.807) is 11.0 Å². The van der Waals surface area contributed by atoms with E-state index in [2.05, 4.69) is 0 Å². The first kappa shape index (κ1) is 15.2. The molecule has 1 unspecified atom stereocenters. The Labute approximate surface area is 146 Å². The van der Waals surface area contributed by atoms with Crippen LogP contribution in [-0.4, -0.2) is 5.91 Å². The van der Waals surface area contributed by atoms with Gasteiger partial charge < -0.3 is 4.74 Å². The Morgan fingerprint density at radius 2 is 1.28 bits per heavy atom. The molecular formula is C22H17NO2. The molecule has 3 aromatic rings. The summed E-state index contributed by atoms with van der Waals surface area (Å²) < 4.78 is 6.26. The van der Waals surface area contributed by atoms with Crippen molar-refractivity contribution in [3.63, 3.8) is 0 Å². The van der Waals surface area contributed by atoms with Crippen LogP contribution in [0, 0.1) is 0 Å². The quantitative estimate of drug-likeness (QED) is 0.692. The number of carbonyl (C=O) groups excluding carboxylic acids is 1. The Bertz CT molecular complexity index is 889. The van der Waals surface area contributed by atoms with Gasteiger partial charge in [0.1, 0.15) is 5.76 Å². The zero-order valence-electron chi connectivity index (χ0n) is 13.6. The van der Waals surface area contributed by atoms with Crippen molar-refractivity contribution in [2.45, 2.75) is 6.23 Å². The van der Waals surface area contributed by atoms with E-state index >= 15 is 0 Å². The summed E-state index contributed by atoms with van der Waals surface area (Å²) in [6.07, 6.45) is 1.05. The Hall–Kier alpha value is -3.33. The topological polar surface area (TPSA) is 29.5 Å². The number of hydrogen-bond acceptors (Lipinski definition) is 2. The van der Waals surface area contributed by atoms with Gasteiger partial charge in [0.2, 0.25) is 6.23 Å². The van der Waals surface area contributed by atoms with E-state index in [0.29, 0.717) is 5.76 Å². The number of rotatable bonds is 3. The third kappa shape index (κ3) is 3.04. The number of ether oxygens (including phenoxy) is 1. The van der Waals surface area contributed by atoms with Crippen molar-refractivity contribution in [3.8, 4) is 0 Å². The third-order valence-electron chi connectivity index (χ3n) is 4.14. The maximum Gasteiger partial charge on any atom is 0.257 e. The number of hydrogen-bond donors (Lipinski definition) is 0. The molecule has 0 aliphatic carbocycles. The van der Waals surface area contributed by atoms with Gasteiger partial charge in [0.15, 0.2) is 0 Å². The molecule has 4 rings (SSSR count). The normalized spacial score (nSPS) is 17.0. The van der Waals surface area contributed by atoms with Crippen molar-refractivity contribution in [1.82, 2.24) is 0 Å². The van der Waals surface area contributed by atoms with Gasteiger partial charge in [-0.15, -0.1) is 0 Å². The van der Waals surface area contributed by atoms with E-state index in [4.69, 9.17) is 4.74 Å². The average molecular weight is 327 g/mol. The fraction of sp³-hybridized carbons (Fsp3) is 0.0455. The van der Waals surface area contributed by atoms with E-state index in [1.165, 1.54) is 0 Å². The molecule has 0 saturated carbocycles. The molecule has 1 aliphatic heterocycles. The predicted molar refractivity (Wildman–Crippen MR) is 98.6 cm³/mol. The van der Waals surface area contributed by atoms with Crippen molar-refractivity contribution in [2.75, 3.05) is 4.90 Å². The van der Waals surface area contributed by atoms with Crippen molar-refractivity contribution in [3.05, 3.63) is 108 Å². The lowest BCUT2D eigenvalue weighted by Gasteiger charge is -2.35. The van der Waals surface area contributed by atoms with Crippen LogP contribution in [0.3, 0.4) is 0 Å². The largest absolute Gasteiger partial charge is 0.465 e. The minimum atomic E-state index is -0.503. The number of anilines is 1. The van der Waals surface area contributed by atoms with Crippen molar-refractivity contribution in [1.29, 1.82) is 0 Å². The third-order valence-corrected chi connectivity index (χ3v) is 4.14. The Kier molecular flexibility index (Phi) is 4.05. The first-order valence-electron chi connectivity index (χ1n) is 8.20. The van der Waals surface area contributed by atoms with E-state index in [0.717, 1.165) is 16.8 Å². The second-order valence-corrected chi connectivity index (χ2v) is 5.80. The summed E-state index contributed by atoms with van der Waals surface area (Å²) in [4.78, 5) is 14.6. The maximum absolute atomic E-state index is 12.9. The number of benzene rings is 3. The molecule has 0 radical (unpaired) electrons. The molecule has 0 saturated heterocycles. The van der Waals surface area contributed by atoms with Gasteiger partial charge >= 0.3 is 0 Å². The summed E-state index contributed by atoms with van der Waals surface area (Å²) in [5.74, 6) is 0.497. The Balaban J connectivity index is 1.80. The zero-order valence-corrected chi connectivity index (χ0v) is 13.6. The molecule has 122 valence electrons. The smallest absolute Gasteiger partial charge is 0.257 e. The number of nitrogens with zero attached hydrogens (tertiary/aromatic N) is 1. The van der Waals surface area contributed by atoms with Crippen molar-refractivity contribution in [2.24, 2.45) is 0 Å². The summed E-state index contributed by atoms with van der Waals surface area (Å²) in [6, 6.07) is 29.1. The average Bonchev–Trinajstić information content (AvgIpc) is 2.69. The fourth-order valence-corrected chi connectivity index (χ4v) is 2.94. The lowest BCUT2D eigenvalue weighted by atomic mass is 10.1. The van der Waals surface area contributed by atoms with Crippen LogP contribution >= 0.6 is 0 Å². The van der Waals surface area contributed by atoms with E-state index in [9.17, 15) is 4.79 Å². The summed E-state index contributed by atoms with van der Waals surface area (Å²) in [6.45, 7) is 0. The number of carbonyl (C=O) groups is 1. The maximum atomic E-state index is 12.9. The summed E-state index contributed by atoms with van der Waals surface area (Å²) >= 11 is 0. The first-order valence-corrected chi connectivity index (χ1v) is 8.20. The molecule has 0 bridgehead atoms. The minimum Gasteiger partial charge on any atom is -0.465 e. The molecule has 0 aromatic heterocycles. The molecule has 3 aromatic carbocycles. The standard InChI is InChI=1S/C22H17NO2/c24-21-16-20(17-10-4-1-5-11-17)25-22(18-12-6-2-7-13-18)23(21)19-14-8-3-9-15-19/h1-16,22H. The molecule has 1 aliphatic rings. The second-order valence-electron chi connectivity index (χ2n) is 5.80. The molecule has 1 atom stereocenters. The highest BCUT2D eigenvalue weighted by molar-refractivity contribution is 6.06. The van der Waals surface area contributed by atoms with Crippen molar-refractivity contribution >= 4 is 17.4 Å². The van der Waals surface area contributed by atoms with Gasteiger partial charge in [-0.1, -0.05) is 78.9 Å². The van der Waals surface area contributed by atoms with Crippen LogP contribution in [0.4, 0.5) is 5.69 Å². The van der Waals surface area contributed by atoms with Crippen LogP contribution in [0.25, 0.3) is 5.76 Å². The van der Waals surface area contributed by atoms with Gasteiger partial charge in [-0.05, 0) is 12.1 Å². The van der Waals surface area contributed by atoms with Gasteiger partial charge in [-0.2, -0.15) is 0 Å². The highest BCUT2D eigenvalue weighted by Crippen LogP contribution is 2.36. The molecular weight excluding hydrogens is 310 g/mol. The highest BCUT2D eigenvalue weighted by atomic mass is 16.5. The van der Waals surface area contributed by atoms with Gasteiger partial charge in [-0.3, -0.25) is 9.69 Å². The summed E-state index contributed by atoms with van der Waals surface area (Å²) in [5.41, 5.74) is 2.63. The summed E-state index contributed by atoms with van der Waals surface area (Å²) in [7, 11) is 0. The molecule has 0 N–H and O–H groups in total. The van der Waals surface area contributed by atoms with E-state index < -0.39 is 6.23 Å². The molecule has 25 heavy (non-hydrogen) atoms. The predicted octanol–water partition coefficient (Wildman–Crippen LogP) is 4.79. The van der Waals surface area contributed by atoms with Crippen molar-refractivity contribution < 1.29 is 9.53 Å². The van der Waals surface area contributed by atoms with Gasteiger partial charge in [0, 0.05) is 22.9 Å². The summed E-state index contributed by atoms with van der Waals surface area (Å²) in [5, 5.41) is 0. The van der Waals surface area contributed by atoms with Crippen LogP contribution in [0.15, 0.2) is 97.1 Å².